The van der Waals surface area contributed by atoms with E-state index >= 15 is 0 Å². The fraction of sp³-hybridized carbons (Fsp3) is 0.0909. The number of hydrogen-bond acceptors (Lipinski definition) is 2. The molecule has 1 aromatic carbocycles. The average molecular weight is 238 g/mol. The zero-order chi connectivity index (χ0) is 12.6. The molecular formula is C11H8F2N2O2. The number of aromatic carboxylic acids is 1. The van der Waals surface area contributed by atoms with E-state index in [1.807, 2.05) is 0 Å². The minimum atomic E-state index is -1.11. The van der Waals surface area contributed by atoms with Gasteiger partial charge in [-0.3, -0.25) is 0 Å². The van der Waals surface area contributed by atoms with Crippen molar-refractivity contribution in [1.29, 1.82) is 0 Å². The van der Waals surface area contributed by atoms with Gasteiger partial charge >= 0.3 is 5.97 Å². The highest BCUT2D eigenvalue weighted by Gasteiger charge is 2.14. The first kappa shape index (κ1) is 11.3. The summed E-state index contributed by atoms with van der Waals surface area (Å²) < 4.78 is 27.0. The Morgan fingerprint density at radius 2 is 2.06 bits per heavy atom. The number of nitrogens with zero attached hydrogens (tertiary/aromatic N) is 2. The van der Waals surface area contributed by atoms with Crippen LogP contribution in [0.4, 0.5) is 8.78 Å². The van der Waals surface area contributed by atoms with E-state index in [2.05, 4.69) is 5.10 Å². The van der Waals surface area contributed by atoms with Crippen LogP contribution >= 0.6 is 0 Å². The van der Waals surface area contributed by atoms with Crippen LogP contribution in [0.25, 0.3) is 5.69 Å². The van der Waals surface area contributed by atoms with Crippen LogP contribution in [0.3, 0.4) is 0 Å². The van der Waals surface area contributed by atoms with Crippen LogP contribution in [0.5, 0.6) is 0 Å². The van der Waals surface area contributed by atoms with Gasteiger partial charge in [0.2, 0.25) is 0 Å². The first-order chi connectivity index (χ1) is 8.00. The quantitative estimate of drug-likeness (QED) is 0.872. The van der Waals surface area contributed by atoms with Crippen molar-refractivity contribution in [1.82, 2.24) is 9.78 Å². The minimum Gasteiger partial charge on any atom is -0.478 e. The molecule has 0 atom stereocenters. The van der Waals surface area contributed by atoms with Crippen molar-refractivity contribution in [3.05, 3.63) is 47.3 Å². The summed E-state index contributed by atoms with van der Waals surface area (Å²) in [6.07, 6.45) is 1.17. The summed E-state index contributed by atoms with van der Waals surface area (Å²) in [5.74, 6) is -3.08. The molecule has 17 heavy (non-hydrogen) atoms. The van der Waals surface area contributed by atoms with Crippen molar-refractivity contribution >= 4 is 5.97 Å². The number of aromatic nitrogens is 2. The Morgan fingerprint density at radius 1 is 1.35 bits per heavy atom. The Balaban J connectivity index is 2.53. The van der Waals surface area contributed by atoms with Gasteiger partial charge in [0.25, 0.3) is 0 Å². The van der Waals surface area contributed by atoms with Crippen LogP contribution in [0, 0.1) is 18.6 Å². The van der Waals surface area contributed by atoms with Crippen LogP contribution in [0.1, 0.15) is 16.1 Å². The molecule has 88 valence electrons. The Kier molecular flexibility index (Phi) is 2.63. The molecule has 0 aliphatic heterocycles. The van der Waals surface area contributed by atoms with Gasteiger partial charge in [-0.05, 0) is 19.1 Å². The molecule has 0 unspecified atom stereocenters. The Labute approximate surface area is 95.1 Å². The van der Waals surface area contributed by atoms with E-state index in [1.165, 1.54) is 23.9 Å². The number of carboxylic acid groups (broad SMARTS) is 1. The van der Waals surface area contributed by atoms with Crippen LogP contribution < -0.4 is 0 Å². The van der Waals surface area contributed by atoms with Gasteiger partial charge in [-0.1, -0.05) is 0 Å². The minimum absolute atomic E-state index is 0.0229. The third kappa shape index (κ3) is 1.89. The lowest BCUT2D eigenvalue weighted by molar-refractivity contribution is 0.0696. The Bertz CT molecular complexity index is 593. The van der Waals surface area contributed by atoms with E-state index in [9.17, 15) is 13.6 Å². The molecule has 1 aromatic heterocycles. The predicted octanol–water partition coefficient (Wildman–Crippen LogP) is 2.16. The van der Waals surface area contributed by atoms with Crippen molar-refractivity contribution in [2.75, 3.05) is 0 Å². The lowest BCUT2D eigenvalue weighted by Crippen LogP contribution is -2.03. The zero-order valence-electron chi connectivity index (χ0n) is 8.82. The van der Waals surface area contributed by atoms with Crippen molar-refractivity contribution in [2.45, 2.75) is 6.92 Å². The van der Waals surface area contributed by atoms with Crippen LogP contribution in [0.15, 0.2) is 24.4 Å². The van der Waals surface area contributed by atoms with Crippen molar-refractivity contribution in [2.24, 2.45) is 0 Å². The van der Waals surface area contributed by atoms with Crippen LogP contribution in [-0.4, -0.2) is 20.9 Å². The molecule has 2 aromatic rings. The van der Waals surface area contributed by atoms with Crippen molar-refractivity contribution in [3.63, 3.8) is 0 Å². The first-order valence-electron chi connectivity index (χ1n) is 4.74. The largest absolute Gasteiger partial charge is 0.478 e. The highest BCUT2D eigenvalue weighted by molar-refractivity contribution is 5.88. The maximum absolute atomic E-state index is 13.0. The van der Waals surface area contributed by atoms with Gasteiger partial charge in [0, 0.05) is 6.07 Å². The highest BCUT2D eigenvalue weighted by Crippen LogP contribution is 2.16. The van der Waals surface area contributed by atoms with Gasteiger partial charge in [0.1, 0.15) is 5.56 Å². The highest BCUT2D eigenvalue weighted by atomic mass is 19.2. The van der Waals surface area contributed by atoms with Crippen LogP contribution in [-0.2, 0) is 0 Å². The molecule has 0 bridgehead atoms. The number of carboxylic acids is 1. The maximum Gasteiger partial charge on any atom is 0.339 e. The molecule has 0 saturated heterocycles. The van der Waals surface area contributed by atoms with Gasteiger partial charge in [0.15, 0.2) is 11.6 Å². The van der Waals surface area contributed by atoms with E-state index < -0.39 is 17.6 Å². The van der Waals surface area contributed by atoms with Crippen molar-refractivity contribution in [3.8, 4) is 5.69 Å². The third-order valence-electron chi connectivity index (χ3n) is 2.39. The molecule has 0 radical (unpaired) electrons. The maximum atomic E-state index is 13.0. The average Bonchev–Trinajstić information content (AvgIpc) is 2.64. The number of halogens is 2. The number of benzene rings is 1. The lowest BCUT2D eigenvalue weighted by Gasteiger charge is -2.04. The van der Waals surface area contributed by atoms with E-state index in [4.69, 9.17) is 5.11 Å². The molecule has 0 aliphatic carbocycles. The van der Waals surface area contributed by atoms with E-state index in [0.717, 1.165) is 12.1 Å². The van der Waals surface area contributed by atoms with Gasteiger partial charge in [-0.2, -0.15) is 5.10 Å². The molecule has 0 saturated carbocycles. The molecule has 1 N–H and O–H groups in total. The number of carbonyl (C=O) groups is 1. The third-order valence-corrected chi connectivity index (χ3v) is 2.39. The molecule has 4 nitrogen and oxygen atoms in total. The Morgan fingerprint density at radius 3 is 2.59 bits per heavy atom. The molecule has 0 aliphatic rings. The normalized spacial score (nSPS) is 10.5. The fourth-order valence-corrected chi connectivity index (χ4v) is 1.50. The number of hydrogen-bond donors (Lipinski definition) is 1. The van der Waals surface area contributed by atoms with Gasteiger partial charge in [-0.25, -0.2) is 18.3 Å². The molecule has 6 heteroatoms. The Hall–Kier alpha value is -2.24. The van der Waals surface area contributed by atoms with E-state index in [1.54, 1.807) is 0 Å². The number of rotatable bonds is 2. The van der Waals surface area contributed by atoms with E-state index in [-0.39, 0.29) is 11.3 Å². The summed E-state index contributed by atoms with van der Waals surface area (Å²) in [6, 6.07) is 3.25. The standard InChI is InChI=1S/C11H8F2N2O2/c1-6-8(11(16)17)5-14-15(6)7-2-3-9(12)10(13)4-7/h2-5H,1H3,(H,16,17). The second-order valence-electron chi connectivity index (χ2n) is 3.46. The SMILES string of the molecule is Cc1c(C(=O)O)cnn1-c1ccc(F)c(F)c1. The van der Waals surface area contributed by atoms with E-state index in [0.29, 0.717) is 5.69 Å². The van der Waals surface area contributed by atoms with Crippen LogP contribution in [0.2, 0.25) is 0 Å². The molecule has 0 fully saturated rings. The molecule has 2 rings (SSSR count). The molecular weight excluding hydrogens is 230 g/mol. The summed E-state index contributed by atoms with van der Waals surface area (Å²) in [4.78, 5) is 10.8. The zero-order valence-corrected chi connectivity index (χ0v) is 8.82. The smallest absolute Gasteiger partial charge is 0.339 e. The second kappa shape index (κ2) is 3.97. The monoisotopic (exact) mass is 238 g/mol. The summed E-state index contributed by atoms with van der Waals surface area (Å²) in [7, 11) is 0. The molecule has 0 amide bonds. The summed E-state index contributed by atoms with van der Waals surface area (Å²) >= 11 is 0. The summed E-state index contributed by atoms with van der Waals surface area (Å²) in [6.45, 7) is 1.54. The van der Waals surface area contributed by atoms with Gasteiger partial charge < -0.3 is 5.11 Å². The molecule has 0 spiro atoms. The predicted molar refractivity (Wildman–Crippen MR) is 55.2 cm³/mol. The summed E-state index contributed by atoms with van der Waals surface area (Å²) in [5.41, 5.74) is 0.646. The topological polar surface area (TPSA) is 55.1 Å². The fourth-order valence-electron chi connectivity index (χ4n) is 1.50. The lowest BCUT2D eigenvalue weighted by atomic mass is 10.2. The summed E-state index contributed by atoms with van der Waals surface area (Å²) in [5, 5.41) is 12.7. The first-order valence-corrected chi connectivity index (χ1v) is 4.74. The second-order valence-corrected chi connectivity index (χ2v) is 3.46. The van der Waals surface area contributed by atoms with Crippen molar-refractivity contribution < 1.29 is 18.7 Å². The van der Waals surface area contributed by atoms with Gasteiger partial charge in [-0.15, -0.1) is 0 Å². The van der Waals surface area contributed by atoms with Gasteiger partial charge in [0.05, 0.1) is 17.6 Å². The molecule has 1 heterocycles.